The maximum absolute atomic E-state index is 14.0. The van der Waals surface area contributed by atoms with Crippen molar-refractivity contribution in [3.05, 3.63) is 69.7 Å². The first-order valence-corrected chi connectivity index (χ1v) is 5.92. The largest absolute Gasteiger partial charge is 0.203 e. The fourth-order valence-electron chi connectivity index (χ4n) is 1.51. The molecule has 2 aromatic carbocycles. The van der Waals surface area contributed by atoms with E-state index in [1.807, 2.05) is 0 Å². The van der Waals surface area contributed by atoms with Crippen LogP contribution in [0.5, 0.6) is 0 Å². The summed E-state index contributed by atoms with van der Waals surface area (Å²) in [6, 6.07) is 12.3. The molecule has 0 saturated carbocycles. The molecule has 18 heavy (non-hydrogen) atoms. The molecule has 0 aliphatic carbocycles. The Bertz CT molecular complexity index is 553. The first-order chi connectivity index (χ1) is 8.61. The lowest BCUT2D eigenvalue weighted by molar-refractivity contribution is 0.700. The van der Waals surface area contributed by atoms with E-state index in [0.29, 0.717) is 0 Å². The van der Waals surface area contributed by atoms with Gasteiger partial charge in [0.25, 0.3) is 0 Å². The van der Waals surface area contributed by atoms with Gasteiger partial charge in [-0.25, -0.2) is 8.78 Å². The van der Waals surface area contributed by atoms with E-state index >= 15 is 0 Å². The number of rotatable bonds is 2. The molecule has 0 fully saturated rings. The molecule has 2 aromatic rings. The predicted octanol–water partition coefficient (Wildman–Crippen LogP) is 5.76. The molecular weight excluding hydrogens is 277 g/mol. The summed E-state index contributed by atoms with van der Waals surface area (Å²) in [4.78, 5) is 0. The first-order valence-electron chi connectivity index (χ1n) is 5.16. The number of hydrogen-bond donors (Lipinski definition) is 0. The van der Waals surface area contributed by atoms with E-state index in [-0.39, 0.29) is 21.2 Å². The van der Waals surface area contributed by atoms with Gasteiger partial charge < -0.3 is 0 Å². The highest BCUT2D eigenvalue weighted by Gasteiger charge is 2.15. The second-order valence-electron chi connectivity index (χ2n) is 3.59. The summed E-state index contributed by atoms with van der Waals surface area (Å²) in [5.74, 6) is -2.04. The highest BCUT2D eigenvalue weighted by atomic mass is 35.5. The molecule has 0 bridgehead atoms. The van der Waals surface area contributed by atoms with Gasteiger partial charge in [-0.05, 0) is 12.1 Å². The lowest BCUT2D eigenvalue weighted by Crippen LogP contribution is -1.86. The van der Waals surface area contributed by atoms with Crippen LogP contribution < -0.4 is 0 Å². The highest BCUT2D eigenvalue weighted by Crippen LogP contribution is 2.34. The zero-order chi connectivity index (χ0) is 13.1. The average molecular weight is 285 g/mol. The number of halogens is 4. The van der Waals surface area contributed by atoms with Crippen LogP contribution in [0.2, 0.25) is 10.0 Å². The third-order valence-corrected chi connectivity index (χ3v) is 3.07. The summed E-state index contributed by atoms with van der Waals surface area (Å²) in [7, 11) is 0. The van der Waals surface area contributed by atoms with Gasteiger partial charge in [-0.15, -0.1) is 0 Å². The zero-order valence-corrected chi connectivity index (χ0v) is 10.6. The van der Waals surface area contributed by atoms with Crippen molar-refractivity contribution in [2.45, 2.75) is 0 Å². The van der Waals surface area contributed by atoms with Gasteiger partial charge in [-0.1, -0.05) is 59.6 Å². The molecule has 0 spiro atoms. The van der Waals surface area contributed by atoms with Gasteiger partial charge in [0, 0.05) is 11.1 Å². The number of benzene rings is 2. The van der Waals surface area contributed by atoms with Crippen LogP contribution in [0.15, 0.2) is 48.5 Å². The molecule has 0 N–H and O–H groups in total. The maximum atomic E-state index is 14.0. The Morgan fingerprint density at radius 3 is 1.33 bits per heavy atom. The van der Waals surface area contributed by atoms with E-state index in [1.165, 1.54) is 24.3 Å². The standard InChI is InChI=1S/C14H8Cl2F2/c15-11-7-3-1-5-9(11)13(17)14(18)10-6-2-4-8-12(10)16/h1-8H/b14-13+. The van der Waals surface area contributed by atoms with Gasteiger partial charge in [0.1, 0.15) is 0 Å². The van der Waals surface area contributed by atoms with E-state index in [2.05, 4.69) is 0 Å². The molecule has 0 aromatic heterocycles. The van der Waals surface area contributed by atoms with Gasteiger partial charge in [-0.3, -0.25) is 0 Å². The maximum Gasteiger partial charge on any atom is 0.168 e. The second kappa shape index (κ2) is 5.51. The molecule has 2 rings (SSSR count). The van der Waals surface area contributed by atoms with E-state index < -0.39 is 11.7 Å². The van der Waals surface area contributed by atoms with Crippen molar-refractivity contribution >= 4 is 34.9 Å². The highest BCUT2D eigenvalue weighted by molar-refractivity contribution is 6.33. The Morgan fingerprint density at radius 2 is 1.00 bits per heavy atom. The van der Waals surface area contributed by atoms with Gasteiger partial charge in [-0.2, -0.15) is 0 Å². The minimum Gasteiger partial charge on any atom is -0.203 e. The van der Waals surface area contributed by atoms with Crippen LogP contribution in [-0.2, 0) is 0 Å². The average Bonchev–Trinajstić information content (AvgIpc) is 2.38. The first kappa shape index (κ1) is 13.1. The molecule has 0 unspecified atom stereocenters. The van der Waals surface area contributed by atoms with Crippen molar-refractivity contribution in [3.63, 3.8) is 0 Å². The minimum atomic E-state index is -1.02. The summed E-state index contributed by atoms with van der Waals surface area (Å²) in [6.07, 6.45) is 0. The van der Waals surface area contributed by atoms with E-state index in [1.54, 1.807) is 24.3 Å². The minimum absolute atomic E-state index is 0.0107. The third kappa shape index (κ3) is 2.55. The van der Waals surface area contributed by atoms with Crippen LogP contribution in [0.1, 0.15) is 11.1 Å². The van der Waals surface area contributed by atoms with Crippen molar-refractivity contribution in [1.29, 1.82) is 0 Å². The lowest BCUT2D eigenvalue weighted by atomic mass is 10.1. The zero-order valence-electron chi connectivity index (χ0n) is 9.13. The molecule has 0 amide bonds. The molecule has 0 aliphatic rings. The Kier molecular flexibility index (Phi) is 4.00. The SMILES string of the molecule is F/C(=C(/F)c1ccccc1Cl)c1ccccc1Cl. The number of hydrogen-bond acceptors (Lipinski definition) is 0. The molecule has 0 atom stereocenters. The van der Waals surface area contributed by atoms with E-state index in [0.717, 1.165) is 0 Å². The van der Waals surface area contributed by atoms with Gasteiger partial charge in [0.2, 0.25) is 0 Å². The Hall–Kier alpha value is -1.38. The summed E-state index contributed by atoms with van der Waals surface area (Å²) in [6.45, 7) is 0. The monoisotopic (exact) mass is 284 g/mol. The van der Waals surface area contributed by atoms with Crippen molar-refractivity contribution in [2.75, 3.05) is 0 Å². The summed E-state index contributed by atoms with van der Waals surface area (Å²) in [5, 5.41) is 0.300. The van der Waals surface area contributed by atoms with Crippen LogP contribution in [0, 0.1) is 0 Å². The quantitative estimate of drug-likeness (QED) is 0.615. The van der Waals surface area contributed by atoms with Gasteiger partial charge in [0.15, 0.2) is 11.7 Å². The van der Waals surface area contributed by atoms with Crippen molar-refractivity contribution in [1.82, 2.24) is 0 Å². The summed E-state index contributed by atoms with van der Waals surface area (Å²) in [5.41, 5.74) is 0.0215. The molecular formula is C14H8Cl2F2. The van der Waals surface area contributed by atoms with Gasteiger partial charge >= 0.3 is 0 Å². The van der Waals surface area contributed by atoms with E-state index in [4.69, 9.17) is 23.2 Å². The molecule has 0 radical (unpaired) electrons. The van der Waals surface area contributed by atoms with Crippen molar-refractivity contribution < 1.29 is 8.78 Å². The van der Waals surface area contributed by atoms with Crippen LogP contribution >= 0.6 is 23.2 Å². The predicted molar refractivity (Wildman–Crippen MR) is 71.9 cm³/mol. The molecule has 0 aliphatic heterocycles. The summed E-state index contributed by atoms with van der Waals surface area (Å²) >= 11 is 11.6. The van der Waals surface area contributed by atoms with Crippen molar-refractivity contribution in [2.24, 2.45) is 0 Å². The van der Waals surface area contributed by atoms with Crippen LogP contribution in [0.3, 0.4) is 0 Å². The molecule has 4 heteroatoms. The Morgan fingerprint density at radius 1 is 0.667 bits per heavy atom. The fraction of sp³-hybridized carbons (Fsp3) is 0. The third-order valence-electron chi connectivity index (χ3n) is 2.41. The van der Waals surface area contributed by atoms with E-state index in [9.17, 15) is 8.78 Å². The van der Waals surface area contributed by atoms with Crippen LogP contribution in [-0.4, -0.2) is 0 Å². The smallest absolute Gasteiger partial charge is 0.168 e. The Labute approximate surface area is 113 Å². The molecule has 0 saturated heterocycles. The van der Waals surface area contributed by atoms with Crippen LogP contribution in [0.25, 0.3) is 11.7 Å². The second-order valence-corrected chi connectivity index (χ2v) is 4.40. The molecule has 0 heterocycles. The van der Waals surface area contributed by atoms with Crippen molar-refractivity contribution in [3.8, 4) is 0 Å². The molecule has 0 nitrogen and oxygen atoms in total. The normalized spacial score (nSPS) is 12.2. The Balaban J connectivity index is 2.55. The molecule has 92 valence electrons. The van der Waals surface area contributed by atoms with Crippen LogP contribution in [0.4, 0.5) is 8.78 Å². The fourth-order valence-corrected chi connectivity index (χ4v) is 1.95. The lowest BCUT2D eigenvalue weighted by Gasteiger charge is -2.05. The van der Waals surface area contributed by atoms with Gasteiger partial charge in [0.05, 0.1) is 10.0 Å². The summed E-state index contributed by atoms with van der Waals surface area (Å²) < 4.78 is 28.0. The topological polar surface area (TPSA) is 0 Å².